The number of guanidine groups is 1. The molecule has 0 saturated carbocycles. The fraction of sp³-hybridized carbons (Fsp3) is 0.294. The van der Waals surface area contributed by atoms with Crippen LogP contribution >= 0.6 is 11.6 Å². The molecule has 2 N–H and O–H groups in total. The zero-order chi connectivity index (χ0) is 16.5. The number of pyridine rings is 1. The summed E-state index contributed by atoms with van der Waals surface area (Å²) in [6.45, 7) is 1.44. The highest BCUT2D eigenvalue weighted by atomic mass is 35.5. The molecular weight excluding hydrogens is 312 g/mol. The van der Waals surface area contributed by atoms with Crippen molar-refractivity contribution in [3.8, 4) is 5.75 Å². The molecule has 0 aliphatic rings. The largest absolute Gasteiger partial charge is 0.497 e. The van der Waals surface area contributed by atoms with Gasteiger partial charge in [0.15, 0.2) is 5.96 Å². The van der Waals surface area contributed by atoms with Crippen molar-refractivity contribution in [1.82, 2.24) is 15.6 Å². The lowest BCUT2D eigenvalue weighted by Gasteiger charge is -2.12. The van der Waals surface area contributed by atoms with Crippen LogP contribution in [0.25, 0.3) is 0 Å². The Bertz CT molecular complexity index is 643. The molecule has 5 nitrogen and oxygen atoms in total. The predicted octanol–water partition coefficient (Wildman–Crippen LogP) is 2.65. The fourth-order valence-electron chi connectivity index (χ4n) is 2.07. The van der Waals surface area contributed by atoms with E-state index >= 15 is 0 Å². The summed E-state index contributed by atoms with van der Waals surface area (Å²) in [5.74, 6) is 1.61. The van der Waals surface area contributed by atoms with Crippen molar-refractivity contribution in [1.29, 1.82) is 0 Å². The highest BCUT2D eigenvalue weighted by Crippen LogP contribution is 2.12. The lowest BCUT2D eigenvalue weighted by Crippen LogP contribution is -2.37. The minimum Gasteiger partial charge on any atom is -0.497 e. The average Bonchev–Trinajstić information content (AvgIpc) is 2.59. The molecule has 23 heavy (non-hydrogen) atoms. The van der Waals surface area contributed by atoms with Crippen molar-refractivity contribution in [2.24, 2.45) is 4.99 Å². The molecule has 0 aliphatic heterocycles. The monoisotopic (exact) mass is 332 g/mol. The van der Waals surface area contributed by atoms with Gasteiger partial charge in [-0.2, -0.15) is 0 Å². The summed E-state index contributed by atoms with van der Waals surface area (Å²) >= 11 is 5.77. The third kappa shape index (κ3) is 5.79. The molecule has 2 rings (SSSR count). The first-order valence-corrected chi connectivity index (χ1v) is 7.77. The average molecular weight is 333 g/mol. The SMILES string of the molecule is CN=C(NCCc1ccc(Cl)nc1)NCc1cccc(OC)c1. The minimum atomic E-state index is 0.512. The van der Waals surface area contributed by atoms with Crippen molar-refractivity contribution in [2.45, 2.75) is 13.0 Å². The molecule has 1 aromatic heterocycles. The second-order valence-electron chi connectivity index (χ2n) is 4.94. The van der Waals surface area contributed by atoms with E-state index < -0.39 is 0 Å². The highest BCUT2D eigenvalue weighted by molar-refractivity contribution is 6.29. The number of ether oxygens (including phenoxy) is 1. The van der Waals surface area contributed by atoms with Crippen LogP contribution in [0.4, 0.5) is 0 Å². The van der Waals surface area contributed by atoms with Gasteiger partial charge < -0.3 is 15.4 Å². The van der Waals surface area contributed by atoms with Gasteiger partial charge in [-0.15, -0.1) is 0 Å². The van der Waals surface area contributed by atoms with Gasteiger partial charge in [-0.05, 0) is 35.7 Å². The summed E-state index contributed by atoms with van der Waals surface area (Å²) in [4.78, 5) is 8.29. The molecule has 2 aromatic rings. The van der Waals surface area contributed by atoms with Crippen molar-refractivity contribution in [3.05, 3.63) is 58.9 Å². The first kappa shape index (κ1) is 17.1. The van der Waals surface area contributed by atoms with E-state index in [0.29, 0.717) is 11.7 Å². The summed E-state index contributed by atoms with van der Waals surface area (Å²) in [6.07, 6.45) is 2.64. The highest BCUT2D eigenvalue weighted by Gasteiger charge is 2.00. The van der Waals surface area contributed by atoms with E-state index in [0.717, 1.165) is 35.8 Å². The van der Waals surface area contributed by atoms with E-state index in [2.05, 4.69) is 20.6 Å². The third-order valence-electron chi connectivity index (χ3n) is 3.31. The Morgan fingerprint density at radius 1 is 1.22 bits per heavy atom. The Morgan fingerprint density at radius 3 is 2.78 bits per heavy atom. The molecular formula is C17H21ClN4O. The Hall–Kier alpha value is -2.27. The van der Waals surface area contributed by atoms with E-state index in [9.17, 15) is 0 Å². The molecule has 1 heterocycles. The molecule has 0 spiro atoms. The van der Waals surface area contributed by atoms with Crippen LogP contribution in [0.2, 0.25) is 5.15 Å². The minimum absolute atomic E-state index is 0.512. The van der Waals surface area contributed by atoms with Crippen LogP contribution in [-0.4, -0.2) is 31.6 Å². The smallest absolute Gasteiger partial charge is 0.191 e. The van der Waals surface area contributed by atoms with Crippen LogP contribution in [0.3, 0.4) is 0 Å². The molecule has 122 valence electrons. The first-order chi connectivity index (χ1) is 11.2. The standard InChI is InChI=1S/C17H21ClN4O/c1-19-17(20-9-8-13-6-7-16(18)21-11-13)22-12-14-4-3-5-15(10-14)23-2/h3-7,10-11H,8-9,12H2,1-2H3,(H2,19,20,22). The number of rotatable bonds is 6. The van der Waals surface area contributed by atoms with Gasteiger partial charge in [-0.1, -0.05) is 29.8 Å². The van der Waals surface area contributed by atoms with Gasteiger partial charge in [0.05, 0.1) is 7.11 Å². The number of nitrogens with zero attached hydrogens (tertiary/aromatic N) is 2. The Morgan fingerprint density at radius 2 is 2.09 bits per heavy atom. The number of benzene rings is 1. The predicted molar refractivity (Wildman–Crippen MR) is 94.1 cm³/mol. The Labute approximate surface area is 141 Å². The summed E-state index contributed by atoms with van der Waals surface area (Å²) in [5, 5.41) is 7.07. The van der Waals surface area contributed by atoms with Gasteiger partial charge in [-0.3, -0.25) is 4.99 Å². The van der Waals surface area contributed by atoms with Crippen LogP contribution in [0.1, 0.15) is 11.1 Å². The van der Waals surface area contributed by atoms with Crippen molar-refractivity contribution in [2.75, 3.05) is 20.7 Å². The molecule has 0 atom stereocenters. The van der Waals surface area contributed by atoms with Crippen LogP contribution in [-0.2, 0) is 13.0 Å². The van der Waals surface area contributed by atoms with Crippen molar-refractivity contribution >= 4 is 17.6 Å². The number of aliphatic imine (C=N–C) groups is 1. The Balaban J connectivity index is 1.78. The Kier molecular flexibility index (Phi) is 6.69. The lowest BCUT2D eigenvalue weighted by molar-refractivity contribution is 0.414. The van der Waals surface area contributed by atoms with Gasteiger partial charge >= 0.3 is 0 Å². The number of nitrogens with one attached hydrogen (secondary N) is 2. The number of halogens is 1. The van der Waals surface area contributed by atoms with Crippen molar-refractivity contribution < 1.29 is 4.74 Å². The number of hydrogen-bond acceptors (Lipinski definition) is 3. The fourth-order valence-corrected chi connectivity index (χ4v) is 2.18. The first-order valence-electron chi connectivity index (χ1n) is 7.39. The molecule has 0 bridgehead atoms. The molecule has 0 amide bonds. The van der Waals surface area contributed by atoms with Gasteiger partial charge in [0, 0.05) is 26.3 Å². The number of methoxy groups -OCH3 is 1. The van der Waals surface area contributed by atoms with Gasteiger partial charge in [-0.25, -0.2) is 4.98 Å². The van der Waals surface area contributed by atoms with Crippen LogP contribution in [0.15, 0.2) is 47.6 Å². The third-order valence-corrected chi connectivity index (χ3v) is 3.54. The van der Waals surface area contributed by atoms with Crippen LogP contribution in [0.5, 0.6) is 5.75 Å². The zero-order valence-corrected chi connectivity index (χ0v) is 14.1. The van der Waals surface area contributed by atoms with E-state index in [1.807, 2.05) is 30.3 Å². The van der Waals surface area contributed by atoms with E-state index in [1.165, 1.54) is 0 Å². The van der Waals surface area contributed by atoms with E-state index in [-0.39, 0.29) is 0 Å². The maximum absolute atomic E-state index is 5.77. The molecule has 0 fully saturated rings. The second-order valence-corrected chi connectivity index (χ2v) is 5.33. The van der Waals surface area contributed by atoms with Gasteiger partial charge in [0.25, 0.3) is 0 Å². The quantitative estimate of drug-likeness (QED) is 0.485. The van der Waals surface area contributed by atoms with Gasteiger partial charge in [0.2, 0.25) is 0 Å². The van der Waals surface area contributed by atoms with Crippen LogP contribution in [0, 0.1) is 0 Å². The summed E-state index contributed by atoms with van der Waals surface area (Å²) in [7, 11) is 3.42. The van der Waals surface area contributed by atoms with Crippen molar-refractivity contribution in [3.63, 3.8) is 0 Å². The van der Waals surface area contributed by atoms with Gasteiger partial charge in [0.1, 0.15) is 10.9 Å². The topological polar surface area (TPSA) is 58.5 Å². The molecule has 0 saturated heterocycles. The molecule has 6 heteroatoms. The summed E-state index contributed by atoms with van der Waals surface area (Å²) in [5.41, 5.74) is 2.26. The molecule has 0 unspecified atom stereocenters. The molecule has 1 aromatic carbocycles. The maximum atomic E-state index is 5.77. The molecule has 0 radical (unpaired) electrons. The van der Waals surface area contributed by atoms with E-state index in [4.69, 9.17) is 16.3 Å². The van der Waals surface area contributed by atoms with Crippen LogP contribution < -0.4 is 15.4 Å². The summed E-state index contributed by atoms with van der Waals surface area (Å²) in [6, 6.07) is 11.7. The zero-order valence-electron chi connectivity index (χ0n) is 13.3. The second kappa shape index (κ2) is 9.00. The number of hydrogen-bond donors (Lipinski definition) is 2. The maximum Gasteiger partial charge on any atom is 0.191 e. The number of aromatic nitrogens is 1. The normalized spacial score (nSPS) is 11.2. The summed E-state index contributed by atoms with van der Waals surface area (Å²) < 4.78 is 5.22. The van der Waals surface area contributed by atoms with E-state index in [1.54, 1.807) is 26.4 Å². The lowest BCUT2D eigenvalue weighted by atomic mass is 10.2. The molecule has 0 aliphatic carbocycles.